The van der Waals surface area contributed by atoms with Crippen LogP contribution >= 0.6 is 0 Å². The summed E-state index contributed by atoms with van der Waals surface area (Å²) in [6.07, 6.45) is 4.39. The number of rotatable bonds is 4. The highest BCUT2D eigenvalue weighted by Gasteiger charge is 2.29. The van der Waals surface area contributed by atoms with Crippen LogP contribution in [0.25, 0.3) is 0 Å². The summed E-state index contributed by atoms with van der Waals surface area (Å²) in [5.74, 6) is -0.0366. The highest BCUT2D eigenvalue weighted by molar-refractivity contribution is 5.92. The first-order chi connectivity index (χ1) is 10.2. The Morgan fingerprint density at radius 1 is 1.48 bits per heavy atom. The van der Waals surface area contributed by atoms with Crippen molar-refractivity contribution >= 4 is 5.91 Å². The first kappa shape index (κ1) is 13.8. The Bertz CT molecular complexity index is 633. The first-order valence-electron chi connectivity index (χ1n) is 6.99. The second-order valence-electron chi connectivity index (χ2n) is 5.26. The fourth-order valence-corrected chi connectivity index (χ4v) is 2.70. The molecule has 3 rings (SSSR count). The summed E-state index contributed by atoms with van der Waals surface area (Å²) in [4.78, 5) is 14.4. The Morgan fingerprint density at radius 2 is 2.33 bits per heavy atom. The third-order valence-corrected chi connectivity index (χ3v) is 3.76. The van der Waals surface area contributed by atoms with Crippen LogP contribution in [0.5, 0.6) is 0 Å². The van der Waals surface area contributed by atoms with Crippen molar-refractivity contribution in [2.75, 3.05) is 20.3 Å². The molecule has 0 aliphatic carbocycles. The lowest BCUT2D eigenvalue weighted by atomic mass is 10.1. The van der Waals surface area contributed by atoms with E-state index in [1.807, 2.05) is 22.7 Å². The van der Waals surface area contributed by atoms with Gasteiger partial charge in [-0.25, -0.2) is 0 Å². The van der Waals surface area contributed by atoms with Gasteiger partial charge in [0, 0.05) is 39.7 Å². The van der Waals surface area contributed by atoms with E-state index >= 15 is 0 Å². The van der Waals surface area contributed by atoms with Crippen LogP contribution in [0.15, 0.2) is 24.5 Å². The van der Waals surface area contributed by atoms with Gasteiger partial charge in [0.15, 0.2) is 0 Å². The Balaban J connectivity index is 1.80. The average molecular weight is 289 g/mol. The van der Waals surface area contributed by atoms with E-state index in [0.717, 1.165) is 12.1 Å². The smallest absolute Gasteiger partial charge is 0.274 e. The number of hydrogen-bond donors (Lipinski definition) is 0. The third kappa shape index (κ3) is 2.69. The molecule has 0 bridgehead atoms. The molecule has 1 atom stereocenters. The Morgan fingerprint density at radius 3 is 3.05 bits per heavy atom. The summed E-state index contributed by atoms with van der Waals surface area (Å²) in [5, 5.41) is 8.56. The van der Waals surface area contributed by atoms with E-state index in [4.69, 9.17) is 4.74 Å². The molecule has 0 N–H and O–H groups in total. The second-order valence-corrected chi connectivity index (χ2v) is 5.26. The van der Waals surface area contributed by atoms with Crippen molar-refractivity contribution in [3.63, 3.8) is 0 Å². The number of aryl methyl sites for hydroxylation is 1. The van der Waals surface area contributed by atoms with Crippen molar-refractivity contribution in [3.05, 3.63) is 35.9 Å². The van der Waals surface area contributed by atoms with Gasteiger partial charge in [-0.05, 0) is 18.6 Å². The van der Waals surface area contributed by atoms with Crippen molar-refractivity contribution in [1.29, 1.82) is 0 Å². The first-order valence-corrected chi connectivity index (χ1v) is 6.99. The number of ether oxygens (including phenoxy) is 1. The summed E-state index contributed by atoms with van der Waals surface area (Å²) in [6.45, 7) is 1.85. The molecule has 0 fully saturated rings. The van der Waals surface area contributed by atoms with Crippen LogP contribution in [0, 0.1) is 0 Å². The van der Waals surface area contributed by atoms with Crippen LogP contribution in [0.3, 0.4) is 0 Å². The molecule has 0 saturated heterocycles. The molecule has 0 saturated carbocycles. The van der Waals surface area contributed by atoms with Crippen LogP contribution in [0.2, 0.25) is 0 Å². The lowest BCUT2D eigenvalue weighted by molar-refractivity contribution is 0.0634. The van der Waals surface area contributed by atoms with E-state index in [1.54, 1.807) is 30.3 Å². The fraction of sp³-hybridized carbons (Fsp3) is 0.500. The van der Waals surface area contributed by atoms with Crippen molar-refractivity contribution in [3.8, 4) is 0 Å². The maximum Gasteiger partial charge on any atom is 0.274 e. The third-order valence-electron chi connectivity index (χ3n) is 3.76. The number of carbonyl (C=O) groups excluding carboxylic acids is 1. The molecule has 1 aliphatic heterocycles. The quantitative estimate of drug-likeness (QED) is 0.837. The molecule has 1 amide bonds. The molecule has 0 unspecified atom stereocenters. The van der Waals surface area contributed by atoms with Gasteiger partial charge in [0.05, 0.1) is 18.3 Å². The second kappa shape index (κ2) is 5.69. The number of hydrogen-bond acceptors (Lipinski definition) is 4. The molecule has 7 nitrogen and oxygen atoms in total. The number of methoxy groups -OCH3 is 1. The summed E-state index contributed by atoms with van der Waals surface area (Å²) in [6, 6.07) is 3.85. The van der Waals surface area contributed by atoms with Crippen LogP contribution in [0.4, 0.5) is 0 Å². The Hall–Kier alpha value is -2.15. The number of amides is 1. The van der Waals surface area contributed by atoms with Gasteiger partial charge >= 0.3 is 0 Å². The molecule has 0 radical (unpaired) electrons. The van der Waals surface area contributed by atoms with Crippen LogP contribution in [-0.4, -0.2) is 50.6 Å². The van der Waals surface area contributed by atoms with Gasteiger partial charge < -0.3 is 9.64 Å². The fourth-order valence-electron chi connectivity index (χ4n) is 2.70. The molecule has 21 heavy (non-hydrogen) atoms. The largest absolute Gasteiger partial charge is 0.385 e. The monoisotopic (exact) mass is 289 g/mol. The standard InChI is InChI=1S/C14H19N5O2/c1-17-7-4-13(16-17)14(20)18-9-11-3-6-15-19(11)12(10-18)5-8-21-2/h3-4,6-7,12H,5,8-10H2,1-2H3/t12-/m1/s1. The molecule has 3 heterocycles. The molecule has 112 valence electrons. The zero-order chi connectivity index (χ0) is 14.8. The zero-order valence-corrected chi connectivity index (χ0v) is 12.3. The topological polar surface area (TPSA) is 65.2 Å². The zero-order valence-electron chi connectivity index (χ0n) is 12.3. The van der Waals surface area contributed by atoms with E-state index < -0.39 is 0 Å². The molecule has 0 spiro atoms. The molecular formula is C14H19N5O2. The van der Waals surface area contributed by atoms with E-state index in [0.29, 0.717) is 25.4 Å². The molecule has 7 heteroatoms. The molecular weight excluding hydrogens is 270 g/mol. The minimum atomic E-state index is -0.0366. The van der Waals surface area contributed by atoms with Crippen LogP contribution < -0.4 is 0 Å². The van der Waals surface area contributed by atoms with Crippen molar-refractivity contribution < 1.29 is 9.53 Å². The van der Waals surface area contributed by atoms with Gasteiger partial charge in [0.1, 0.15) is 5.69 Å². The van der Waals surface area contributed by atoms with E-state index in [1.165, 1.54) is 0 Å². The van der Waals surface area contributed by atoms with E-state index in [-0.39, 0.29) is 11.9 Å². The summed E-state index contributed by atoms with van der Waals surface area (Å²) >= 11 is 0. The Kier molecular flexibility index (Phi) is 3.74. The van der Waals surface area contributed by atoms with Crippen LogP contribution in [-0.2, 0) is 18.3 Å². The lowest BCUT2D eigenvalue weighted by Gasteiger charge is -2.33. The summed E-state index contributed by atoms with van der Waals surface area (Å²) < 4.78 is 8.80. The van der Waals surface area contributed by atoms with Crippen molar-refractivity contribution in [2.45, 2.75) is 19.0 Å². The van der Waals surface area contributed by atoms with Gasteiger partial charge in [-0.1, -0.05) is 0 Å². The number of fused-ring (bicyclic) bond motifs is 1. The van der Waals surface area contributed by atoms with E-state index in [2.05, 4.69) is 10.2 Å². The van der Waals surface area contributed by atoms with Crippen LogP contribution in [0.1, 0.15) is 28.6 Å². The highest BCUT2D eigenvalue weighted by atomic mass is 16.5. The maximum atomic E-state index is 12.6. The average Bonchev–Trinajstić information content (AvgIpc) is 3.12. The van der Waals surface area contributed by atoms with Gasteiger partial charge in [-0.15, -0.1) is 0 Å². The van der Waals surface area contributed by atoms with Gasteiger partial charge in [-0.2, -0.15) is 10.2 Å². The number of carbonyl (C=O) groups is 1. The lowest BCUT2D eigenvalue weighted by Crippen LogP contribution is -2.41. The molecule has 0 aromatic carbocycles. The predicted molar refractivity (Wildman–Crippen MR) is 75.7 cm³/mol. The summed E-state index contributed by atoms with van der Waals surface area (Å²) in [7, 11) is 3.49. The Labute approximate surface area is 123 Å². The van der Waals surface area contributed by atoms with Gasteiger partial charge in [0.2, 0.25) is 0 Å². The normalized spacial score (nSPS) is 17.8. The van der Waals surface area contributed by atoms with Gasteiger partial charge in [0.25, 0.3) is 5.91 Å². The SMILES string of the molecule is COCC[C@@H]1CN(C(=O)c2ccn(C)n2)Cc2ccnn21. The molecule has 2 aromatic rings. The molecule has 2 aromatic heterocycles. The maximum absolute atomic E-state index is 12.6. The number of nitrogens with zero attached hydrogens (tertiary/aromatic N) is 5. The summed E-state index contributed by atoms with van der Waals surface area (Å²) in [5.41, 5.74) is 1.53. The van der Waals surface area contributed by atoms with Crippen molar-refractivity contribution in [2.24, 2.45) is 7.05 Å². The minimum absolute atomic E-state index is 0.0366. The molecule has 1 aliphatic rings. The van der Waals surface area contributed by atoms with E-state index in [9.17, 15) is 4.79 Å². The van der Waals surface area contributed by atoms with Crippen molar-refractivity contribution in [1.82, 2.24) is 24.5 Å². The number of aromatic nitrogens is 4. The van der Waals surface area contributed by atoms with Gasteiger partial charge in [-0.3, -0.25) is 14.2 Å². The minimum Gasteiger partial charge on any atom is -0.385 e. The highest BCUT2D eigenvalue weighted by Crippen LogP contribution is 2.24. The predicted octanol–water partition coefficient (Wildman–Crippen LogP) is 0.850.